The van der Waals surface area contributed by atoms with Crippen molar-refractivity contribution >= 4 is 5.91 Å². The van der Waals surface area contributed by atoms with Gasteiger partial charge in [-0.3, -0.25) is 9.69 Å². The number of benzene rings is 1. The average molecular weight is 287 g/mol. The highest BCUT2D eigenvalue weighted by Crippen LogP contribution is 2.35. The number of nitrogens with one attached hydrogen (secondary N) is 1. The maximum atomic E-state index is 12.5. The summed E-state index contributed by atoms with van der Waals surface area (Å²) in [6.07, 6.45) is 3.19. The lowest BCUT2D eigenvalue weighted by Gasteiger charge is -2.34. The van der Waals surface area contributed by atoms with Crippen LogP contribution in [0.5, 0.6) is 0 Å². The summed E-state index contributed by atoms with van der Waals surface area (Å²) in [6.45, 7) is 2.98. The smallest absolute Gasteiger partial charge is 0.239 e. The van der Waals surface area contributed by atoms with Gasteiger partial charge in [0.2, 0.25) is 5.91 Å². The average Bonchev–Trinajstić information content (AvgIpc) is 2.86. The van der Waals surface area contributed by atoms with Crippen LogP contribution in [0, 0.1) is 0 Å². The molecule has 2 heterocycles. The number of hydrogen-bond acceptors (Lipinski definition) is 3. The molecule has 4 heteroatoms. The lowest BCUT2D eigenvalue weighted by molar-refractivity contribution is -0.134. The molecule has 1 fully saturated rings. The van der Waals surface area contributed by atoms with E-state index >= 15 is 0 Å². The lowest BCUT2D eigenvalue weighted by Crippen LogP contribution is -2.44. The van der Waals surface area contributed by atoms with Gasteiger partial charge in [-0.1, -0.05) is 24.3 Å². The summed E-state index contributed by atoms with van der Waals surface area (Å²) in [5.41, 5.74) is 2.78. The second-order valence-electron chi connectivity index (χ2n) is 6.31. The van der Waals surface area contributed by atoms with E-state index < -0.39 is 0 Å². The quantitative estimate of drug-likeness (QED) is 0.900. The van der Waals surface area contributed by atoms with Gasteiger partial charge < -0.3 is 10.2 Å². The highest BCUT2D eigenvalue weighted by molar-refractivity contribution is 5.81. The number of amides is 1. The molecule has 1 aromatic rings. The molecule has 114 valence electrons. The number of hydrogen-bond donors (Lipinski definition) is 1. The van der Waals surface area contributed by atoms with E-state index in [4.69, 9.17) is 0 Å². The topological polar surface area (TPSA) is 35.6 Å². The van der Waals surface area contributed by atoms with Crippen LogP contribution in [-0.2, 0) is 11.3 Å². The van der Waals surface area contributed by atoms with Gasteiger partial charge in [0, 0.05) is 26.7 Å². The van der Waals surface area contributed by atoms with Gasteiger partial charge in [0.25, 0.3) is 0 Å². The van der Waals surface area contributed by atoms with E-state index in [2.05, 4.69) is 34.5 Å². The van der Waals surface area contributed by atoms with Gasteiger partial charge in [-0.05, 0) is 43.5 Å². The zero-order chi connectivity index (χ0) is 14.8. The molecule has 3 rings (SSSR count). The lowest BCUT2D eigenvalue weighted by atomic mass is 9.97. The van der Waals surface area contributed by atoms with Crippen molar-refractivity contribution in [1.29, 1.82) is 0 Å². The van der Waals surface area contributed by atoms with Crippen LogP contribution in [0.4, 0.5) is 0 Å². The van der Waals surface area contributed by atoms with E-state index in [1.54, 1.807) is 4.90 Å². The van der Waals surface area contributed by atoms with Crippen molar-refractivity contribution in [3.63, 3.8) is 0 Å². The molecule has 4 nitrogen and oxygen atoms in total. The zero-order valence-corrected chi connectivity index (χ0v) is 13.0. The van der Waals surface area contributed by atoms with Crippen molar-refractivity contribution in [2.75, 3.05) is 27.2 Å². The van der Waals surface area contributed by atoms with Gasteiger partial charge in [-0.15, -0.1) is 0 Å². The molecular weight excluding hydrogens is 262 g/mol. The van der Waals surface area contributed by atoms with Gasteiger partial charge in [0.15, 0.2) is 0 Å². The van der Waals surface area contributed by atoms with Crippen molar-refractivity contribution in [2.24, 2.45) is 0 Å². The van der Waals surface area contributed by atoms with E-state index in [0.29, 0.717) is 6.04 Å². The van der Waals surface area contributed by atoms with Crippen LogP contribution in [0.25, 0.3) is 0 Å². The third-order valence-electron chi connectivity index (χ3n) is 4.74. The third kappa shape index (κ3) is 2.83. The first-order valence-corrected chi connectivity index (χ1v) is 7.94. The van der Waals surface area contributed by atoms with Crippen molar-refractivity contribution in [1.82, 2.24) is 15.1 Å². The minimum absolute atomic E-state index is 0.0520. The SMILES string of the molecule is CN(C)C(=O)C1CCCN1C1CCNCc2ccccc21. The van der Waals surface area contributed by atoms with Crippen molar-refractivity contribution in [3.05, 3.63) is 35.4 Å². The summed E-state index contributed by atoms with van der Waals surface area (Å²) >= 11 is 0. The Morgan fingerprint density at radius 1 is 1.29 bits per heavy atom. The molecule has 21 heavy (non-hydrogen) atoms. The number of rotatable bonds is 2. The molecular formula is C17H25N3O. The number of carbonyl (C=O) groups excluding carboxylic acids is 1. The van der Waals surface area contributed by atoms with Crippen LogP contribution in [0.2, 0.25) is 0 Å². The van der Waals surface area contributed by atoms with E-state index in [-0.39, 0.29) is 11.9 Å². The largest absolute Gasteiger partial charge is 0.347 e. The minimum Gasteiger partial charge on any atom is -0.347 e. The van der Waals surface area contributed by atoms with Crippen LogP contribution in [0.15, 0.2) is 24.3 Å². The summed E-state index contributed by atoms with van der Waals surface area (Å²) in [4.78, 5) is 16.6. The van der Waals surface area contributed by atoms with Crippen LogP contribution in [0.1, 0.15) is 36.4 Å². The second kappa shape index (κ2) is 6.16. The Morgan fingerprint density at radius 2 is 2.10 bits per heavy atom. The number of nitrogens with zero attached hydrogens (tertiary/aromatic N) is 2. The molecule has 0 spiro atoms. The Balaban J connectivity index is 1.90. The maximum Gasteiger partial charge on any atom is 0.239 e. The fourth-order valence-electron chi connectivity index (χ4n) is 3.71. The summed E-state index contributed by atoms with van der Waals surface area (Å²) in [5, 5.41) is 3.50. The van der Waals surface area contributed by atoms with Gasteiger partial charge >= 0.3 is 0 Å². The highest BCUT2D eigenvalue weighted by atomic mass is 16.2. The molecule has 0 saturated carbocycles. The fraction of sp³-hybridized carbons (Fsp3) is 0.588. The van der Waals surface area contributed by atoms with E-state index in [1.807, 2.05) is 14.1 Å². The summed E-state index contributed by atoms with van der Waals surface area (Å²) < 4.78 is 0. The summed E-state index contributed by atoms with van der Waals surface area (Å²) in [6, 6.07) is 9.09. The summed E-state index contributed by atoms with van der Waals surface area (Å²) in [7, 11) is 3.73. The first kappa shape index (κ1) is 14.5. The standard InChI is InChI=1S/C17H25N3O/c1-19(2)17(21)16-8-5-11-20(16)15-9-10-18-12-13-6-3-4-7-14(13)15/h3-4,6-7,15-16,18H,5,8-12H2,1-2H3. The zero-order valence-electron chi connectivity index (χ0n) is 13.0. The minimum atomic E-state index is 0.0520. The van der Waals surface area contributed by atoms with Gasteiger partial charge in [0.1, 0.15) is 0 Å². The van der Waals surface area contributed by atoms with Crippen molar-refractivity contribution in [3.8, 4) is 0 Å². The van der Waals surface area contributed by atoms with Crippen LogP contribution >= 0.6 is 0 Å². The fourth-order valence-corrected chi connectivity index (χ4v) is 3.71. The monoisotopic (exact) mass is 287 g/mol. The van der Waals surface area contributed by atoms with Gasteiger partial charge in [0.05, 0.1) is 6.04 Å². The molecule has 0 aliphatic carbocycles. The van der Waals surface area contributed by atoms with E-state index in [1.165, 1.54) is 11.1 Å². The highest BCUT2D eigenvalue weighted by Gasteiger charge is 2.37. The van der Waals surface area contributed by atoms with Crippen LogP contribution in [-0.4, -0.2) is 48.9 Å². The summed E-state index contributed by atoms with van der Waals surface area (Å²) in [5.74, 6) is 0.252. The normalized spacial score (nSPS) is 26.2. The van der Waals surface area contributed by atoms with Gasteiger partial charge in [-0.25, -0.2) is 0 Å². The molecule has 2 atom stereocenters. The predicted molar refractivity (Wildman–Crippen MR) is 83.9 cm³/mol. The second-order valence-corrected chi connectivity index (χ2v) is 6.31. The molecule has 0 radical (unpaired) electrons. The Kier molecular flexibility index (Phi) is 4.27. The molecule has 0 aromatic heterocycles. The molecule has 1 N–H and O–H groups in total. The van der Waals surface area contributed by atoms with E-state index in [9.17, 15) is 4.79 Å². The number of likely N-dealkylation sites (N-methyl/N-ethyl adjacent to an activating group) is 1. The molecule has 0 bridgehead atoms. The Morgan fingerprint density at radius 3 is 2.90 bits per heavy atom. The maximum absolute atomic E-state index is 12.5. The van der Waals surface area contributed by atoms with Crippen molar-refractivity contribution < 1.29 is 4.79 Å². The number of fused-ring (bicyclic) bond motifs is 1. The molecule has 1 aromatic carbocycles. The first-order chi connectivity index (χ1) is 10.2. The molecule has 2 unspecified atom stereocenters. The molecule has 1 saturated heterocycles. The first-order valence-electron chi connectivity index (χ1n) is 7.94. The molecule has 2 aliphatic heterocycles. The predicted octanol–water partition coefficient (Wildman–Crippen LogP) is 1.77. The number of likely N-dealkylation sites (tertiary alicyclic amines) is 1. The van der Waals surface area contributed by atoms with Gasteiger partial charge in [-0.2, -0.15) is 0 Å². The number of carbonyl (C=O) groups is 1. The van der Waals surface area contributed by atoms with Crippen LogP contribution < -0.4 is 5.32 Å². The van der Waals surface area contributed by atoms with Crippen molar-refractivity contribution in [2.45, 2.75) is 37.9 Å². The Bertz CT molecular complexity index is 515. The molecule has 1 amide bonds. The molecule has 2 aliphatic rings. The Labute approximate surface area is 127 Å². The van der Waals surface area contributed by atoms with E-state index in [0.717, 1.165) is 38.9 Å². The third-order valence-corrected chi connectivity index (χ3v) is 4.74. The Hall–Kier alpha value is -1.39. The van der Waals surface area contributed by atoms with Crippen LogP contribution in [0.3, 0.4) is 0 Å².